The number of hydrogen-bond acceptors (Lipinski definition) is 3. The molecule has 0 saturated carbocycles. The topological polar surface area (TPSA) is 54.5 Å². The van der Waals surface area contributed by atoms with E-state index in [-0.39, 0.29) is 17.7 Å². The van der Waals surface area contributed by atoms with Crippen LogP contribution in [0.2, 0.25) is 0 Å². The van der Waals surface area contributed by atoms with Crippen molar-refractivity contribution in [3.63, 3.8) is 0 Å². The fourth-order valence-electron chi connectivity index (χ4n) is 3.04. The first-order valence-electron chi connectivity index (χ1n) is 6.71. The van der Waals surface area contributed by atoms with Crippen LogP contribution in [-0.2, 0) is 14.8 Å². The number of rotatable bonds is 2. The van der Waals surface area contributed by atoms with Gasteiger partial charge in [0.15, 0.2) is 5.78 Å². The van der Waals surface area contributed by atoms with Crippen LogP contribution < -0.4 is 0 Å². The van der Waals surface area contributed by atoms with Crippen molar-refractivity contribution in [3.8, 4) is 0 Å². The highest BCUT2D eigenvalue weighted by atomic mass is 32.2. The summed E-state index contributed by atoms with van der Waals surface area (Å²) in [7, 11) is -3.48. The molecule has 1 aliphatic carbocycles. The van der Waals surface area contributed by atoms with Gasteiger partial charge in [0.25, 0.3) is 0 Å². The summed E-state index contributed by atoms with van der Waals surface area (Å²) in [6.45, 7) is 4.15. The highest BCUT2D eigenvalue weighted by molar-refractivity contribution is 7.89. The van der Waals surface area contributed by atoms with E-state index in [0.29, 0.717) is 17.9 Å². The zero-order valence-corrected chi connectivity index (χ0v) is 12.4. The van der Waals surface area contributed by atoms with E-state index >= 15 is 0 Å². The first-order valence-corrected chi connectivity index (χ1v) is 8.15. The average Bonchev–Trinajstić information content (AvgIpc) is 2.89. The SMILES string of the molecule is Cc1ccc(S(=O)(=O)N2CC3=CC(=O)C[C@H]3C2C)cc1. The molecule has 1 aromatic carbocycles. The maximum absolute atomic E-state index is 12.7. The van der Waals surface area contributed by atoms with Crippen LogP contribution in [0.4, 0.5) is 0 Å². The third-order valence-electron chi connectivity index (χ3n) is 4.25. The number of nitrogens with zero attached hydrogens (tertiary/aromatic N) is 1. The molecule has 106 valence electrons. The second-order valence-corrected chi connectivity index (χ2v) is 7.49. The fraction of sp³-hybridized carbons (Fsp3) is 0.400. The second-order valence-electron chi connectivity index (χ2n) is 5.60. The quantitative estimate of drug-likeness (QED) is 0.836. The number of hydrogen-bond donors (Lipinski definition) is 0. The lowest BCUT2D eigenvalue weighted by Crippen LogP contribution is -2.36. The lowest BCUT2D eigenvalue weighted by molar-refractivity contribution is -0.114. The summed E-state index contributed by atoms with van der Waals surface area (Å²) in [6, 6.07) is 6.74. The summed E-state index contributed by atoms with van der Waals surface area (Å²) >= 11 is 0. The van der Waals surface area contributed by atoms with Crippen molar-refractivity contribution in [2.24, 2.45) is 5.92 Å². The van der Waals surface area contributed by atoms with Crippen LogP contribution in [0, 0.1) is 12.8 Å². The lowest BCUT2D eigenvalue weighted by Gasteiger charge is -2.23. The van der Waals surface area contributed by atoms with Crippen LogP contribution in [0.15, 0.2) is 40.8 Å². The fourth-order valence-corrected chi connectivity index (χ4v) is 4.69. The number of sulfonamides is 1. The van der Waals surface area contributed by atoms with Crippen LogP contribution in [0.1, 0.15) is 18.9 Å². The van der Waals surface area contributed by atoms with E-state index in [9.17, 15) is 13.2 Å². The van der Waals surface area contributed by atoms with Gasteiger partial charge in [-0.25, -0.2) is 8.42 Å². The standard InChI is InChI=1S/C15H17NO3S/c1-10-3-5-14(6-4-10)20(18,19)16-9-12-7-13(17)8-15(12)11(16)2/h3-7,11,15H,8-9H2,1-2H3/t11?,15-/m0/s1. The molecule has 1 heterocycles. The van der Waals surface area contributed by atoms with Crippen LogP contribution in [0.25, 0.3) is 0 Å². The molecule has 0 N–H and O–H groups in total. The third kappa shape index (κ3) is 2.01. The van der Waals surface area contributed by atoms with E-state index in [1.165, 1.54) is 4.31 Å². The number of benzene rings is 1. The molecule has 0 spiro atoms. The number of carbonyl (C=O) groups excluding carboxylic acids is 1. The lowest BCUT2D eigenvalue weighted by atomic mass is 9.99. The van der Waals surface area contributed by atoms with Crippen molar-refractivity contribution in [3.05, 3.63) is 41.5 Å². The van der Waals surface area contributed by atoms with Crippen molar-refractivity contribution in [1.29, 1.82) is 0 Å². The summed E-state index contributed by atoms with van der Waals surface area (Å²) in [4.78, 5) is 11.7. The molecule has 1 aromatic rings. The van der Waals surface area contributed by atoms with Crippen molar-refractivity contribution in [1.82, 2.24) is 4.31 Å². The molecule has 1 aliphatic heterocycles. The van der Waals surface area contributed by atoms with Gasteiger partial charge in [-0.3, -0.25) is 4.79 Å². The van der Waals surface area contributed by atoms with Gasteiger partial charge in [0.05, 0.1) is 4.90 Å². The van der Waals surface area contributed by atoms with Crippen molar-refractivity contribution >= 4 is 15.8 Å². The largest absolute Gasteiger partial charge is 0.295 e. The number of allylic oxidation sites excluding steroid dienone is 1. The average molecular weight is 291 g/mol. The van der Waals surface area contributed by atoms with Gasteiger partial charge in [0, 0.05) is 24.9 Å². The van der Waals surface area contributed by atoms with Gasteiger partial charge in [-0.05, 0) is 37.6 Å². The molecule has 1 unspecified atom stereocenters. The molecule has 0 aromatic heterocycles. The van der Waals surface area contributed by atoms with Gasteiger partial charge in [0.2, 0.25) is 10.0 Å². The molecule has 2 atom stereocenters. The molecule has 0 radical (unpaired) electrons. The Bertz CT molecular complexity index is 688. The Kier molecular flexibility index (Phi) is 3.06. The summed E-state index contributed by atoms with van der Waals surface area (Å²) in [5.74, 6) is 0.173. The Morgan fingerprint density at radius 2 is 1.85 bits per heavy atom. The minimum absolute atomic E-state index is 0.0581. The Hall–Kier alpha value is -1.46. The van der Waals surface area contributed by atoms with Gasteiger partial charge in [-0.2, -0.15) is 4.31 Å². The number of carbonyl (C=O) groups is 1. The molecule has 20 heavy (non-hydrogen) atoms. The highest BCUT2D eigenvalue weighted by Gasteiger charge is 2.44. The zero-order valence-electron chi connectivity index (χ0n) is 11.5. The Morgan fingerprint density at radius 3 is 2.45 bits per heavy atom. The highest BCUT2D eigenvalue weighted by Crippen LogP contribution is 2.39. The molecule has 1 saturated heterocycles. The Labute approximate surface area is 119 Å². The molecule has 3 rings (SSSR count). The van der Waals surface area contributed by atoms with Crippen LogP contribution in [-0.4, -0.2) is 31.1 Å². The van der Waals surface area contributed by atoms with Gasteiger partial charge in [0.1, 0.15) is 0 Å². The first-order chi connectivity index (χ1) is 9.39. The molecule has 1 fully saturated rings. The van der Waals surface area contributed by atoms with Crippen molar-refractivity contribution in [2.45, 2.75) is 31.2 Å². The maximum Gasteiger partial charge on any atom is 0.243 e. The predicted octanol–water partition coefficient (Wildman–Crippen LogP) is 1.90. The van der Waals surface area contributed by atoms with Crippen LogP contribution in [0.5, 0.6) is 0 Å². The van der Waals surface area contributed by atoms with Gasteiger partial charge in [-0.1, -0.05) is 17.7 Å². The van der Waals surface area contributed by atoms with Crippen molar-refractivity contribution in [2.75, 3.05) is 6.54 Å². The van der Waals surface area contributed by atoms with Crippen LogP contribution in [0.3, 0.4) is 0 Å². The molecule has 5 heteroatoms. The maximum atomic E-state index is 12.7. The van der Waals surface area contributed by atoms with E-state index in [1.54, 1.807) is 30.3 Å². The Morgan fingerprint density at radius 1 is 1.20 bits per heavy atom. The van der Waals surface area contributed by atoms with Crippen LogP contribution >= 0.6 is 0 Å². The van der Waals surface area contributed by atoms with Gasteiger partial charge in [-0.15, -0.1) is 0 Å². The third-order valence-corrected chi connectivity index (χ3v) is 6.19. The summed E-state index contributed by atoms with van der Waals surface area (Å²) in [5, 5.41) is 0. The monoisotopic (exact) mass is 291 g/mol. The van der Waals surface area contributed by atoms with E-state index < -0.39 is 10.0 Å². The van der Waals surface area contributed by atoms with Crippen molar-refractivity contribution < 1.29 is 13.2 Å². The summed E-state index contributed by atoms with van der Waals surface area (Å²) in [6.07, 6.45) is 2.06. The summed E-state index contributed by atoms with van der Waals surface area (Å²) in [5.41, 5.74) is 1.99. The van der Waals surface area contributed by atoms with Gasteiger partial charge >= 0.3 is 0 Å². The zero-order chi connectivity index (χ0) is 14.5. The molecular formula is C15H17NO3S. The second kappa shape index (κ2) is 4.53. The molecule has 0 bridgehead atoms. The molecule has 0 amide bonds. The first kappa shape index (κ1) is 13.5. The van der Waals surface area contributed by atoms with E-state index in [2.05, 4.69) is 0 Å². The minimum atomic E-state index is -3.48. The number of aryl methyl sites for hydroxylation is 1. The van der Waals surface area contributed by atoms with E-state index in [1.807, 2.05) is 13.8 Å². The minimum Gasteiger partial charge on any atom is -0.295 e. The molecular weight excluding hydrogens is 274 g/mol. The number of ketones is 1. The smallest absolute Gasteiger partial charge is 0.243 e. The predicted molar refractivity (Wildman–Crippen MR) is 75.7 cm³/mol. The summed E-state index contributed by atoms with van der Waals surface area (Å²) < 4.78 is 26.9. The normalized spacial score (nSPS) is 26.7. The number of fused-ring (bicyclic) bond motifs is 1. The van der Waals surface area contributed by atoms with E-state index in [0.717, 1.165) is 11.1 Å². The van der Waals surface area contributed by atoms with Gasteiger partial charge < -0.3 is 0 Å². The molecule has 4 nitrogen and oxygen atoms in total. The van der Waals surface area contributed by atoms with E-state index in [4.69, 9.17) is 0 Å². The Balaban J connectivity index is 1.95. The molecule has 2 aliphatic rings.